The highest BCUT2D eigenvalue weighted by Gasteiger charge is 2.44. The van der Waals surface area contributed by atoms with Crippen LogP contribution in [-0.4, -0.2) is 26.0 Å². The number of hydrogen-bond donors (Lipinski definition) is 3. The molecule has 0 saturated carbocycles. The smallest absolute Gasteiger partial charge is 0.247 e. The third kappa shape index (κ3) is 4.29. The van der Waals surface area contributed by atoms with Gasteiger partial charge in [0.15, 0.2) is 0 Å². The third-order valence-electron chi connectivity index (χ3n) is 5.64. The highest BCUT2D eigenvalue weighted by molar-refractivity contribution is 6.08. The molecule has 1 aliphatic heterocycles. The van der Waals surface area contributed by atoms with E-state index in [2.05, 4.69) is 16.2 Å². The number of benzene rings is 3. The first-order valence-electron chi connectivity index (χ1n) is 10.3. The Morgan fingerprint density at radius 1 is 0.875 bits per heavy atom. The molecule has 1 fully saturated rings. The van der Waals surface area contributed by atoms with Gasteiger partial charge in [-0.3, -0.25) is 15.0 Å². The molecule has 7 heteroatoms. The van der Waals surface area contributed by atoms with Crippen LogP contribution in [0, 0.1) is 5.92 Å². The summed E-state index contributed by atoms with van der Waals surface area (Å²) in [5, 5.41) is 2.88. The Morgan fingerprint density at radius 3 is 2.16 bits per heavy atom. The van der Waals surface area contributed by atoms with Crippen molar-refractivity contribution in [1.29, 1.82) is 0 Å². The van der Waals surface area contributed by atoms with Crippen molar-refractivity contribution in [2.24, 2.45) is 5.92 Å². The Bertz CT molecular complexity index is 1090. The molecule has 3 N–H and O–H groups in total. The van der Waals surface area contributed by atoms with Gasteiger partial charge < -0.3 is 14.8 Å². The number of amides is 2. The van der Waals surface area contributed by atoms with Crippen molar-refractivity contribution in [3.63, 3.8) is 0 Å². The second kappa shape index (κ2) is 9.53. The zero-order valence-corrected chi connectivity index (χ0v) is 17.9. The number of carbonyl (C=O) groups is 2. The van der Waals surface area contributed by atoms with Crippen LogP contribution in [0.15, 0.2) is 78.9 Å². The summed E-state index contributed by atoms with van der Waals surface area (Å²) in [6.45, 7) is 0. The van der Waals surface area contributed by atoms with E-state index in [1.54, 1.807) is 25.3 Å². The summed E-state index contributed by atoms with van der Waals surface area (Å²) < 4.78 is 10.6. The maximum Gasteiger partial charge on any atom is 0.247 e. The lowest BCUT2D eigenvalue weighted by atomic mass is 9.76. The number of methoxy groups -OCH3 is 2. The quantitative estimate of drug-likeness (QED) is 0.521. The van der Waals surface area contributed by atoms with Crippen LogP contribution in [-0.2, 0) is 9.59 Å². The lowest BCUT2D eigenvalue weighted by Gasteiger charge is -2.38. The second-order valence-corrected chi connectivity index (χ2v) is 7.49. The van der Waals surface area contributed by atoms with Gasteiger partial charge in [0.1, 0.15) is 17.4 Å². The normalized spacial score (nSPS) is 20.2. The minimum absolute atomic E-state index is 0.287. The molecule has 0 bridgehead atoms. The van der Waals surface area contributed by atoms with Crippen molar-refractivity contribution in [2.75, 3.05) is 19.5 Å². The number of hydrogen-bond acceptors (Lipinski definition) is 5. The minimum Gasteiger partial charge on any atom is -0.497 e. The zero-order valence-electron chi connectivity index (χ0n) is 17.9. The number of anilines is 1. The van der Waals surface area contributed by atoms with Crippen molar-refractivity contribution < 1.29 is 19.1 Å². The number of nitrogens with one attached hydrogen (secondary N) is 3. The van der Waals surface area contributed by atoms with Gasteiger partial charge in [0.25, 0.3) is 0 Å². The van der Waals surface area contributed by atoms with Crippen molar-refractivity contribution in [3.05, 3.63) is 90.0 Å². The van der Waals surface area contributed by atoms with Crippen molar-refractivity contribution in [2.45, 2.75) is 12.0 Å². The Balaban J connectivity index is 1.71. The minimum atomic E-state index is -0.962. The van der Waals surface area contributed by atoms with E-state index in [0.29, 0.717) is 17.2 Å². The summed E-state index contributed by atoms with van der Waals surface area (Å²) in [6.07, 6.45) is 0. The summed E-state index contributed by atoms with van der Waals surface area (Å²) in [7, 11) is 3.07. The van der Waals surface area contributed by atoms with Gasteiger partial charge in [-0.05, 0) is 23.3 Å². The number of hydrazine groups is 1. The van der Waals surface area contributed by atoms with Gasteiger partial charge in [0.05, 0.1) is 25.9 Å². The molecule has 1 saturated heterocycles. The first kappa shape index (κ1) is 21.4. The molecule has 0 radical (unpaired) electrons. The molecule has 2 amide bonds. The van der Waals surface area contributed by atoms with Crippen LogP contribution in [0.1, 0.15) is 23.1 Å². The molecular weight excluding hydrogens is 406 g/mol. The molecule has 164 valence electrons. The van der Waals surface area contributed by atoms with E-state index >= 15 is 0 Å². The average molecular weight is 431 g/mol. The van der Waals surface area contributed by atoms with Gasteiger partial charge in [-0.15, -0.1) is 0 Å². The Morgan fingerprint density at radius 2 is 1.53 bits per heavy atom. The van der Waals surface area contributed by atoms with Gasteiger partial charge >= 0.3 is 0 Å². The molecule has 32 heavy (non-hydrogen) atoms. The van der Waals surface area contributed by atoms with E-state index in [4.69, 9.17) is 9.47 Å². The summed E-state index contributed by atoms with van der Waals surface area (Å²) in [5.74, 6) is -1.14. The SMILES string of the molecule is COc1ccc(NC(=O)C2C(=O)NNC(c3ccccc3)C2c2ccccc2)c(OC)c1. The van der Waals surface area contributed by atoms with Crippen molar-refractivity contribution in [3.8, 4) is 11.5 Å². The Labute approximate surface area is 186 Å². The van der Waals surface area contributed by atoms with Gasteiger partial charge in [0, 0.05) is 12.0 Å². The largest absolute Gasteiger partial charge is 0.497 e. The molecule has 1 heterocycles. The number of rotatable bonds is 6. The molecule has 1 aliphatic rings. The molecule has 0 spiro atoms. The van der Waals surface area contributed by atoms with Crippen LogP contribution in [0.5, 0.6) is 11.5 Å². The van der Waals surface area contributed by atoms with E-state index in [1.807, 2.05) is 60.7 Å². The van der Waals surface area contributed by atoms with Crippen LogP contribution >= 0.6 is 0 Å². The van der Waals surface area contributed by atoms with Crippen LogP contribution in [0.25, 0.3) is 0 Å². The van der Waals surface area contributed by atoms with E-state index in [1.165, 1.54) is 7.11 Å². The second-order valence-electron chi connectivity index (χ2n) is 7.49. The van der Waals surface area contributed by atoms with E-state index in [-0.39, 0.29) is 6.04 Å². The number of ether oxygens (including phenoxy) is 2. The molecule has 3 atom stereocenters. The third-order valence-corrected chi connectivity index (χ3v) is 5.64. The van der Waals surface area contributed by atoms with Gasteiger partial charge in [-0.25, -0.2) is 5.43 Å². The van der Waals surface area contributed by atoms with Crippen LogP contribution in [0.3, 0.4) is 0 Å². The topological polar surface area (TPSA) is 88.7 Å². The average Bonchev–Trinajstić information content (AvgIpc) is 2.85. The molecule has 3 aromatic rings. The maximum atomic E-state index is 13.5. The Hall–Kier alpha value is -3.84. The molecule has 4 rings (SSSR count). The van der Waals surface area contributed by atoms with Crippen LogP contribution in [0.4, 0.5) is 5.69 Å². The highest BCUT2D eigenvalue weighted by atomic mass is 16.5. The van der Waals surface area contributed by atoms with Gasteiger partial charge in [-0.2, -0.15) is 0 Å². The predicted octanol–water partition coefficient (Wildman–Crippen LogP) is 3.42. The zero-order chi connectivity index (χ0) is 22.5. The first-order chi connectivity index (χ1) is 15.6. The Kier molecular flexibility index (Phi) is 6.37. The lowest BCUT2D eigenvalue weighted by Crippen LogP contribution is -2.56. The van der Waals surface area contributed by atoms with Gasteiger partial charge in [0.2, 0.25) is 11.8 Å². The fourth-order valence-corrected chi connectivity index (χ4v) is 4.08. The van der Waals surface area contributed by atoms with E-state index in [9.17, 15) is 9.59 Å². The monoisotopic (exact) mass is 431 g/mol. The first-order valence-corrected chi connectivity index (χ1v) is 10.3. The summed E-state index contributed by atoms with van der Waals surface area (Å²) in [6, 6.07) is 24.2. The maximum absolute atomic E-state index is 13.5. The molecule has 3 unspecified atom stereocenters. The highest BCUT2D eigenvalue weighted by Crippen LogP contribution is 2.40. The van der Waals surface area contributed by atoms with E-state index in [0.717, 1.165) is 11.1 Å². The van der Waals surface area contributed by atoms with Crippen molar-refractivity contribution >= 4 is 17.5 Å². The summed E-state index contributed by atoms with van der Waals surface area (Å²) in [4.78, 5) is 26.4. The molecule has 7 nitrogen and oxygen atoms in total. The van der Waals surface area contributed by atoms with Crippen LogP contribution in [0.2, 0.25) is 0 Å². The lowest BCUT2D eigenvalue weighted by molar-refractivity contribution is -0.137. The fraction of sp³-hybridized carbons (Fsp3) is 0.200. The standard InChI is InChI=1S/C25H25N3O4/c1-31-18-13-14-19(20(15-18)32-2)26-24(29)22-21(16-9-5-3-6-10-16)23(27-28-25(22)30)17-11-7-4-8-12-17/h3-15,21-23,27H,1-2H3,(H,26,29)(H,28,30). The van der Waals surface area contributed by atoms with Crippen molar-refractivity contribution in [1.82, 2.24) is 10.9 Å². The fourth-order valence-electron chi connectivity index (χ4n) is 4.08. The van der Waals surface area contributed by atoms with E-state index < -0.39 is 23.7 Å². The van der Waals surface area contributed by atoms with Crippen LogP contribution < -0.4 is 25.6 Å². The molecular formula is C25H25N3O4. The molecule has 3 aromatic carbocycles. The predicted molar refractivity (Wildman–Crippen MR) is 121 cm³/mol. The summed E-state index contributed by atoms with van der Waals surface area (Å²) >= 11 is 0. The van der Waals surface area contributed by atoms with Gasteiger partial charge in [-0.1, -0.05) is 60.7 Å². The number of carbonyl (C=O) groups excluding carboxylic acids is 2. The summed E-state index contributed by atoms with van der Waals surface area (Å²) in [5.41, 5.74) is 8.13. The molecule has 0 aliphatic carbocycles. The molecule has 0 aromatic heterocycles.